The molecule has 0 unspecified atom stereocenters. The van der Waals surface area contributed by atoms with Crippen LogP contribution in [-0.4, -0.2) is 15.6 Å². The highest BCUT2D eigenvalue weighted by Gasteiger charge is 2.18. The number of halogens is 2. The smallest absolute Gasteiger partial charge is 0.168 e. The van der Waals surface area contributed by atoms with E-state index in [1.165, 1.54) is 12.1 Å². The van der Waals surface area contributed by atoms with Crippen LogP contribution in [0.25, 0.3) is 0 Å². The maximum absolute atomic E-state index is 13.4. The molecule has 5 heteroatoms. The number of carbonyl (C=O) groups is 1. The van der Waals surface area contributed by atoms with Gasteiger partial charge in [-0.05, 0) is 60.0 Å². The number of rotatable bonds is 5. The molecule has 0 aliphatic rings. The van der Waals surface area contributed by atoms with Gasteiger partial charge in [0.05, 0.1) is 22.3 Å². The third kappa shape index (κ3) is 3.40. The lowest BCUT2D eigenvalue weighted by Crippen LogP contribution is -2.10. The summed E-state index contributed by atoms with van der Waals surface area (Å²) in [6.07, 6.45) is 1.01. The first-order valence-electron chi connectivity index (χ1n) is 7.00. The fraction of sp³-hybridized carbons (Fsp3) is 0.375. The molecule has 0 amide bonds. The van der Waals surface area contributed by atoms with E-state index in [9.17, 15) is 9.18 Å². The molecule has 0 N–H and O–H groups in total. The topological polar surface area (TPSA) is 34.9 Å². The highest BCUT2D eigenvalue weighted by Crippen LogP contribution is 2.24. The minimum atomic E-state index is -0.379. The van der Waals surface area contributed by atoms with Crippen LogP contribution < -0.4 is 0 Å². The predicted molar refractivity (Wildman–Crippen MR) is 84.2 cm³/mol. The molecule has 0 spiro atoms. The summed E-state index contributed by atoms with van der Waals surface area (Å²) in [4.78, 5) is 12.4. The monoisotopic (exact) mass is 352 g/mol. The molecule has 112 valence electrons. The number of aryl methyl sites for hydroxylation is 3. The lowest BCUT2D eigenvalue weighted by atomic mass is 10.0. The van der Waals surface area contributed by atoms with Gasteiger partial charge in [-0.25, -0.2) is 4.39 Å². The molecule has 0 atom stereocenters. The van der Waals surface area contributed by atoms with E-state index in [4.69, 9.17) is 0 Å². The zero-order valence-corrected chi connectivity index (χ0v) is 14.0. The molecule has 2 rings (SSSR count). The van der Waals surface area contributed by atoms with Crippen molar-refractivity contribution in [3.63, 3.8) is 0 Å². The molecule has 0 saturated heterocycles. The Balaban J connectivity index is 2.33. The number of aromatic nitrogens is 2. The molecule has 0 fully saturated rings. The average Bonchev–Trinajstić information content (AvgIpc) is 2.74. The average molecular weight is 353 g/mol. The van der Waals surface area contributed by atoms with Gasteiger partial charge in [-0.3, -0.25) is 9.48 Å². The van der Waals surface area contributed by atoms with Gasteiger partial charge in [0.2, 0.25) is 0 Å². The van der Waals surface area contributed by atoms with Gasteiger partial charge in [-0.1, -0.05) is 6.92 Å². The number of Topliss-reactive ketones (excluding diaryl/α,β-unsaturated/α-hetero) is 1. The van der Waals surface area contributed by atoms with Crippen molar-refractivity contribution in [1.29, 1.82) is 0 Å². The number of hydrogen-bond donors (Lipinski definition) is 0. The minimum Gasteiger partial charge on any atom is -0.294 e. The van der Waals surface area contributed by atoms with Crippen LogP contribution in [0.4, 0.5) is 4.39 Å². The molecule has 1 heterocycles. The van der Waals surface area contributed by atoms with Crippen molar-refractivity contribution in [3.05, 3.63) is 51.0 Å². The van der Waals surface area contributed by atoms with Crippen LogP contribution in [0.15, 0.2) is 22.7 Å². The first-order chi connectivity index (χ1) is 9.96. The Morgan fingerprint density at radius 2 is 2.05 bits per heavy atom. The summed E-state index contributed by atoms with van der Waals surface area (Å²) in [5, 5.41) is 4.47. The first kappa shape index (κ1) is 15.9. The van der Waals surface area contributed by atoms with E-state index in [1.807, 2.05) is 18.5 Å². The van der Waals surface area contributed by atoms with E-state index in [0.29, 0.717) is 12.1 Å². The molecule has 1 aromatic carbocycles. The second kappa shape index (κ2) is 6.52. The van der Waals surface area contributed by atoms with Gasteiger partial charge >= 0.3 is 0 Å². The fourth-order valence-corrected chi connectivity index (χ4v) is 3.04. The first-order valence-corrected chi connectivity index (χ1v) is 7.80. The zero-order chi connectivity index (χ0) is 15.6. The van der Waals surface area contributed by atoms with E-state index >= 15 is 0 Å². The summed E-state index contributed by atoms with van der Waals surface area (Å²) >= 11 is 3.52. The van der Waals surface area contributed by atoms with Crippen LogP contribution in [0.5, 0.6) is 0 Å². The molecular formula is C16H18BrFN2O. The highest BCUT2D eigenvalue weighted by molar-refractivity contribution is 9.10. The third-order valence-electron chi connectivity index (χ3n) is 3.39. The molecule has 0 radical (unpaired) electrons. The van der Waals surface area contributed by atoms with Gasteiger partial charge in [0.1, 0.15) is 5.82 Å². The van der Waals surface area contributed by atoms with Gasteiger partial charge in [0.25, 0.3) is 0 Å². The summed E-state index contributed by atoms with van der Waals surface area (Å²) in [6.45, 7) is 6.48. The third-order valence-corrected chi connectivity index (χ3v) is 4.30. The molecule has 3 nitrogen and oxygen atoms in total. The Labute approximate surface area is 132 Å². The molecule has 1 aromatic heterocycles. The Bertz CT molecular complexity index is 659. The summed E-state index contributed by atoms with van der Waals surface area (Å²) in [5.74, 6) is -0.480. The molecule has 0 bridgehead atoms. The number of benzene rings is 1. The van der Waals surface area contributed by atoms with Crippen molar-refractivity contribution < 1.29 is 9.18 Å². The minimum absolute atomic E-state index is 0.101. The van der Waals surface area contributed by atoms with Crippen molar-refractivity contribution in [2.75, 3.05) is 0 Å². The van der Waals surface area contributed by atoms with Crippen LogP contribution in [-0.2, 0) is 19.4 Å². The van der Waals surface area contributed by atoms with Gasteiger partial charge in [-0.15, -0.1) is 0 Å². The van der Waals surface area contributed by atoms with Gasteiger partial charge in [0.15, 0.2) is 5.78 Å². The quantitative estimate of drug-likeness (QED) is 0.759. The van der Waals surface area contributed by atoms with Crippen LogP contribution in [0.3, 0.4) is 0 Å². The van der Waals surface area contributed by atoms with E-state index < -0.39 is 0 Å². The van der Waals surface area contributed by atoms with E-state index in [0.717, 1.165) is 27.8 Å². The molecule has 2 aromatic rings. The second-order valence-electron chi connectivity index (χ2n) is 4.99. The number of nitrogens with zero attached hydrogens (tertiary/aromatic N) is 2. The van der Waals surface area contributed by atoms with E-state index in [-0.39, 0.29) is 18.0 Å². The van der Waals surface area contributed by atoms with Gasteiger partial charge in [0, 0.05) is 12.1 Å². The fourth-order valence-electron chi connectivity index (χ4n) is 2.34. The van der Waals surface area contributed by atoms with E-state index in [2.05, 4.69) is 21.0 Å². The lowest BCUT2D eigenvalue weighted by Gasteiger charge is -2.06. The molecule has 21 heavy (non-hydrogen) atoms. The molecule has 0 aliphatic heterocycles. The maximum Gasteiger partial charge on any atom is 0.168 e. The second-order valence-corrected chi connectivity index (χ2v) is 5.79. The van der Waals surface area contributed by atoms with Crippen molar-refractivity contribution in [2.45, 2.75) is 40.2 Å². The van der Waals surface area contributed by atoms with Crippen molar-refractivity contribution in [2.24, 2.45) is 0 Å². The predicted octanol–water partition coefficient (Wildman–Crippen LogP) is 4.10. The summed E-state index contributed by atoms with van der Waals surface area (Å²) in [7, 11) is 0. The summed E-state index contributed by atoms with van der Waals surface area (Å²) in [6, 6.07) is 4.42. The Kier molecular flexibility index (Phi) is 4.93. The van der Waals surface area contributed by atoms with Gasteiger partial charge < -0.3 is 0 Å². The summed E-state index contributed by atoms with van der Waals surface area (Å²) in [5.41, 5.74) is 2.94. The van der Waals surface area contributed by atoms with Crippen molar-refractivity contribution >= 4 is 21.7 Å². The molecule has 0 saturated carbocycles. The van der Waals surface area contributed by atoms with Crippen LogP contribution in [0.2, 0.25) is 0 Å². The number of ketones is 1. The van der Waals surface area contributed by atoms with Crippen LogP contribution >= 0.6 is 15.9 Å². The normalized spacial score (nSPS) is 10.9. The summed E-state index contributed by atoms with van der Waals surface area (Å²) < 4.78 is 16.1. The standard InChI is InChI=1S/C16H18BrFN2O/c1-4-13-16(17)14(20(5-2)19-13)9-15(21)11-6-10(3)7-12(18)8-11/h6-8H,4-5,9H2,1-3H3. The van der Waals surface area contributed by atoms with Crippen LogP contribution in [0, 0.1) is 12.7 Å². The maximum atomic E-state index is 13.4. The lowest BCUT2D eigenvalue weighted by molar-refractivity contribution is 0.0990. The Morgan fingerprint density at radius 3 is 2.62 bits per heavy atom. The zero-order valence-electron chi connectivity index (χ0n) is 12.4. The van der Waals surface area contributed by atoms with Crippen molar-refractivity contribution in [1.82, 2.24) is 9.78 Å². The number of carbonyl (C=O) groups excluding carboxylic acids is 1. The van der Waals surface area contributed by atoms with Crippen LogP contribution in [0.1, 0.15) is 41.2 Å². The van der Waals surface area contributed by atoms with Crippen molar-refractivity contribution in [3.8, 4) is 0 Å². The van der Waals surface area contributed by atoms with Gasteiger partial charge in [-0.2, -0.15) is 5.10 Å². The largest absolute Gasteiger partial charge is 0.294 e. The Hall–Kier alpha value is -1.49. The molecule has 0 aliphatic carbocycles. The molecular weight excluding hydrogens is 335 g/mol. The number of hydrogen-bond acceptors (Lipinski definition) is 2. The Morgan fingerprint density at radius 1 is 1.33 bits per heavy atom. The van der Waals surface area contributed by atoms with E-state index in [1.54, 1.807) is 13.0 Å². The SMILES string of the molecule is CCc1nn(CC)c(CC(=O)c2cc(C)cc(F)c2)c1Br. The highest BCUT2D eigenvalue weighted by atomic mass is 79.9.